The summed E-state index contributed by atoms with van der Waals surface area (Å²) in [6.45, 7) is 3.79. The van der Waals surface area contributed by atoms with Gasteiger partial charge in [-0.15, -0.1) is 11.3 Å². The minimum atomic E-state index is -0.519. The van der Waals surface area contributed by atoms with Crippen molar-refractivity contribution in [2.45, 2.75) is 20.4 Å². The Morgan fingerprint density at radius 1 is 0.970 bits per heavy atom. The largest absolute Gasteiger partial charge is 0.337 e. The third kappa shape index (κ3) is 3.60. The van der Waals surface area contributed by atoms with E-state index in [1.54, 1.807) is 36.4 Å². The first kappa shape index (κ1) is 21.6. The SMILES string of the molecule is Cc1sc2c(c1C)c(=O)n(-c1ccc(Cl)cc1)c(=O)n2Cc1cc(=O)n2cc(Cl)ccc2n1. The molecule has 0 saturated carbocycles. The number of benzene rings is 1. The molecular formula is C23H16Cl2N4O3S. The number of nitrogens with zero attached hydrogens (tertiary/aromatic N) is 4. The zero-order chi connectivity index (χ0) is 23.4. The van der Waals surface area contributed by atoms with Crippen molar-refractivity contribution in [3.8, 4) is 5.69 Å². The third-order valence-electron chi connectivity index (χ3n) is 5.53. The molecule has 0 spiro atoms. The first-order chi connectivity index (χ1) is 15.7. The number of halogens is 2. The number of aromatic nitrogens is 4. The smallest absolute Gasteiger partial charge is 0.278 e. The van der Waals surface area contributed by atoms with Gasteiger partial charge in [0.05, 0.1) is 28.3 Å². The molecule has 7 nitrogen and oxygen atoms in total. The predicted molar refractivity (Wildman–Crippen MR) is 132 cm³/mol. The van der Waals surface area contributed by atoms with Gasteiger partial charge in [0.2, 0.25) is 0 Å². The zero-order valence-electron chi connectivity index (χ0n) is 17.5. The van der Waals surface area contributed by atoms with Crippen LogP contribution in [0.2, 0.25) is 10.0 Å². The molecule has 0 aliphatic rings. The highest BCUT2D eigenvalue weighted by Crippen LogP contribution is 2.27. The van der Waals surface area contributed by atoms with Crippen LogP contribution < -0.4 is 16.8 Å². The molecule has 0 aliphatic heterocycles. The fourth-order valence-corrected chi connectivity index (χ4v) is 5.21. The second-order valence-corrected chi connectivity index (χ2v) is 9.69. The number of pyridine rings is 1. The maximum absolute atomic E-state index is 13.6. The van der Waals surface area contributed by atoms with Gasteiger partial charge in [0, 0.05) is 22.2 Å². The molecule has 5 aromatic rings. The van der Waals surface area contributed by atoms with Gasteiger partial charge in [0.15, 0.2) is 0 Å². The highest BCUT2D eigenvalue weighted by Gasteiger charge is 2.20. The topological polar surface area (TPSA) is 78.4 Å². The van der Waals surface area contributed by atoms with Crippen LogP contribution in [0.4, 0.5) is 0 Å². The highest BCUT2D eigenvalue weighted by atomic mass is 35.5. The van der Waals surface area contributed by atoms with E-state index in [0.717, 1.165) is 15.0 Å². The quantitative estimate of drug-likeness (QED) is 0.373. The summed E-state index contributed by atoms with van der Waals surface area (Å²) in [6.07, 6.45) is 1.49. The summed E-state index contributed by atoms with van der Waals surface area (Å²) in [5.41, 5.74) is 0.816. The summed E-state index contributed by atoms with van der Waals surface area (Å²) in [6, 6.07) is 11.1. The summed E-state index contributed by atoms with van der Waals surface area (Å²) in [5.74, 6) is 0. The molecule has 4 heterocycles. The Kier molecular flexibility index (Phi) is 5.23. The standard InChI is InChI=1S/C23H16Cl2N4O3S/c1-12-13(2)33-22-20(12)21(31)29(17-6-3-14(24)4-7-17)23(32)28(22)11-16-9-19(30)27-10-15(25)5-8-18(27)26-16/h3-10H,11H2,1-2H3. The van der Waals surface area contributed by atoms with Crippen molar-refractivity contribution in [1.29, 1.82) is 0 Å². The average Bonchev–Trinajstić information content (AvgIpc) is 3.07. The first-order valence-electron chi connectivity index (χ1n) is 9.94. The Hall–Kier alpha value is -3.20. The third-order valence-corrected chi connectivity index (χ3v) is 7.24. The van der Waals surface area contributed by atoms with Crippen molar-refractivity contribution < 1.29 is 0 Å². The maximum atomic E-state index is 13.6. The Balaban J connectivity index is 1.79. The van der Waals surface area contributed by atoms with Gasteiger partial charge in [-0.3, -0.25) is 18.6 Å². The molecule has 0 fully saturated rings. The molecule has 4 aromatic heterocycles. The van der Waals surface area contributed by atoms with E-state index in [-0.39, 0.29) is 12.1 Å². The number of aryl methyl sites for hydroxylation is 2. The number of hydrogen-bond acceptors (Lipinski definition) is 5. The van der Waals surface area contributed by atoms with Crippen LogP contribution in [-0.4, -0.2) is 18.5 Å². The Morgan fingerprint density at radius 2 is 1.67 bits per heavy atom. The van der Waals surface area contributed by atoms with Crippen LogP contribution in [0, 0.1) is 13.8 Å². The maximum Gasteiger partial charge on any atom is 0.337 e. The van der Waals surface area contributed by atoms with Crippen molar-refractivity contribution in [3.05, 3.63) is 106 Å². The fourth-order valence-electron chi connectivity index (χ4n) is 3.78. The van der Waals surface area contributed by atoms with Crippen molar-refractivity contribution in [3.63, 3.8) is 0 Å². The van der Waals surface area contributed by atoms with Crippen molar-refractivity contribution in [2.24, 2.45) is 0 Å². The lowest BCUT2D eigenvalue weighted by Crippen LogP contribution is -2.39. The summed E-state index contributed by atoms with van der Waals surface area (Å²) in [5, 5.41) is 1.38. The second-order valence-electron chi connectivity index (χ2n) is 7.61. The summed E-state index contributed by atoms with van der Waals surface area (Å²) < 4.78 is 3.97. The van der Waals surface area contributed by atoms with Crippen LogP contribution in [0.3, 0.4) is 0 Å². The molecule has 0 N–H and O–H groups in total. The van der Waals surface area contributed by atoms with Gasteiger partial charge in [0.1, 0.15) is 10.5 Å². The average molecular weight is 499 g/mol. The summed E-state index contributed by atoms with van der Waals surface area (Å²) >= 11 is 13.4. The lowest BCUT2D eigenvalue weighted by molar-refractivity contribution is 0.704. The Bertz CT molecular complexity index is 1750. The van der Waals surface area contributed by atoms with E-state index in [1.807, 2.05) is 13.8 Å². The van der Waals surface area contributed by atoms with E-state index in [9.17, 15) is 14.4 Å². The minimum Gasteiger partial charge on any atom is -0.278 e. The van der Waals surface area contributed by atoms with E-state index in [4.69, 9.17) is 23.2 Å². The van der Waals surface area contributed by atoms with E-state index < -0.39 is 11.2 Å². The molecule has 0 saturated heterocycles. The minimum absolute atomic E-state index is 0.0248. The van der Waals surface area contributed by atoms with Gasteiger partial charge in [-0.05, 0) is 55.8 Å². The van der Waals surface area contributed by atoms with Gasteiger partial charge in [-0.2, -0.15) is 0 Å². The number of fused-ring (bicyclic) bond motifs is 2. The van der Waals surface area contributed by atoms with Crippen LogP contribution in [0.25, 0.3) is 21.6 Å². The van der Waals surface area contributed by atoms with E-state index >= 15 is 0 Å². The Labute approximate surface area is 200 Å². The molecule has 166 valence electrons. The van der Waals surface area contributed by atoms with Crippen molar-refractivity contribution in [1.82, 2.24) is 18.5 Å². The highest BCUT2D eigenvalue weighted by molar-refractivity contribution is 7.18. The summed E-state index contributed by atoms with van der Waals surface area (Å²) in [7, 11) is 0. The van der Waals surface area contributed by atoms with Crippen LogP contribution >= 0.6 is 34.5 Å². The first-order valence-corrected chi connectivity index (χ1v) is 11.5. The summed E-state index contributed by atoms with van der Waals surface area (Å²) in [4.78, 5) is 45.6. The molecule has 0 radical (unpaired) electrons. The fraction of sp³-hybridized carbons (Fsp3) is 0.130. The molecule has 10 heteroatoms. The van der Waals surface area contributed by atoms with Crippen LogP contribution in [-0.2, 0) is 6.54 Å². The monoisotopic (exact) mass is 498 g/mol. The second kappa shape index (κ2) is 7.98. The number of thiophene rings is 1. The van der Waals surface area contributed by atoms with Gasteiger partial charge in [0.25, 0.3) is 11.1 Å². The van der Waals surface area contributed by atoms with Gasteiger partial charge in [-0.25, -0.2) is 14.3 Å². The van der Waals surface area contributed by atoms with Gasteiger partial charge < -0.3 is 0 Å². The van der Waals surface area contributed by atoms with Crippen LogP contribution in [0.15, 0.2) is 63.0 Å². The molecule has 1 aromatic carbocycles. The van der Waals surface area contributed by atoms with Crippen molar-refractivity contribution in [2.75, 3.05) is 0 Å². The molecular weight excluding hydrogens is 483 g/mol. The van der Waals surface area contributed by atoms with E-state index in [2.05, 4.69) is 4.98 Å². The molecule has 0 amide bonds. The molecule has 33 heavy (non-hydrogen) atoms. The normalized spacial score (nSPS) is 11.5. The lowest BCUT2D eigenvalue weighted by atomic mass is 10.2. The zero-order valence-corrected chi connectivity index (χ0v) is 19.8. The van der Waals surface area contributed by atoms with E-state index in [1.165, 1.54) is 32.6 Å². The number of hydrogen-bond donors (Lipinski definition) is 0. The van der Waals surface area contributed by atoms with Gasteiger partial charge in [-0.1, -0.05) is 23.2 Å². The Morgan fingerprint density at radius 3 is 2.39 bits per heavy atom. The lowest BCUT2D eigenvalue weighted by Gasteiger charge is -2.13. The van der Waals surface area contributed by atoms with Crippen LogP contribution in [0.5, 0.6) is 0 Å². The molecule has 0 atom stereocenters. The number of rotatable bonds is 3. The van der Waals surface area contributed by atoms with Crippen LogP contribution in [0.1, 0.15) is 16.1 Å². The molecule has 0 aliphatic carbocycles. The predicted octanol–water partition coefficient (Wildman–Crippen LogP) is 4.19. The van der Waals surface area contributed by atoms with Gasteiger partial charge >= 0.3 is 5.69 Å². The molecule has 0 unspecified atom stereocenters. The van der Waals surface area contributed by atoms with E-state index in [0.29, 0.717) is 37.3 Å². The molecule has 5 rings (SSSR count). The molecule has 0 bridgehead atoms. The van der Waals surface area contributed by atoms with Crippen molar-refractivity contribution >= 4 is 50.4 Å².